The van der Waals surface area contributed by atoms with Gasteiger partial charge >= 0.3 is 0 Å². The van der Waals surface area contributed by atoms with Gasteiger partial charge in [0.25, 0.3) is 0 Å². The maximum atomic E-state index is 12.2. The quantitative estimate of drug-likeness (QED) is 0.897. The van der Waals surface area contributed by atoms with Gasteiger partial charge in [-0.25, -0.2) is 8.42 Å². The van der Waals surface area contributed by atoms with Gasteiger partial charge in [-0.1, -0.05) is 0 Å². The lowest BCUT2D eigenvalue weighted by Gasteiger charge is -2.19. The minimum Gasteiger partial charge on any atom is -0.326 e. The largest absolute Gasteiger partial charge is 0.326 e. The highest BCUT2D eigenvalue weighted by atomic mass is 32.2. The fourth-order valence-corrected chi connectivity index (χ4v) is 2.65. The predicted molar refractivity (Wildman–Crippen MR) is 70.8 cm³/mol. The molecule has 6 nitrogen and oxygen atoms in total. The Bertz CT molecular complexity index is 602. The van der Waals surface area contributed by atoms with Gasteiger partial charge in [0.1, 0.15) is 6.04 Å². The molecule has 1 atom stereocenters. The molecule has 1 amide bonds. The summed E-state index contributed by atoms with van der Waals surface area (Å²) in [5, 5.41) is 11.3. The first-order chi connectivity index (χ1) is 8.78. The lowest BCUT2D eigenvalue weighted by atomic mass is 10.3. The van der Waals surface area contributed by atoms with Gasteiger partial charge in [0.15, 0.2) is 0 Å². The summed E-state index contributed by atoms with van der Waals surface area (Å²) < 4.78 is 25.3. The topological polar surface area (TPSA) is 90.3 Å². The molecule has 0 spiro atoms. The van der Waals surface area contributed by atoms with Crippen LogP contribution in [0.3, 0.4) is 0 Å². The van der Waals surface area contributed by atoms with E-state index in [0.717, 1.165) is 4.31 Å². The van der Waals surface area contributed by atoms with Crippen molar-refractivity contribution in [2.45, 2.75) is 24.8 Å². The highest BCUT2D eigenvalue weighted by Crippen LogP contribution is 2.18. The monoisotopic (exact) mass is 281 g/mol. The number of carbonyl (C=O) groups is 1. The molecular formula is C12H15N3O3S. The first-order valence-electron chi connectivity index (χ1n) is 5.54. The van der Waals surface area contributed by atoms with Crippen LogP contribution in [0, 0.1) is 11.3 Å². The Hall–Kier alpha value is -1.91. The second kappa shape index (κ2) is 5.82. The zero-order valence-corrected chi connectivity index (χ0v) is 11.7. The molecule has 1 aromatic rings. The predicted octanol–water partition coefficient (Wildman–Crippen LogP) is 1.18. The third-order valence-electron chi connectivity index (χ3n) is 2.58. The van der Waals surface area contributed by atoms with Crippen LogP contribution in [0.4, 0.5) is 5.69 Å². The number of nitrogens with zero attached hydrogens (tertiary/aromatic N) is 2. The molecule has 1 aromatic carbocycles. The van der Waals surface area contributed by atoms with E-state index < -0.39 is 16.1 Å². The molecule has 0 fully saturated rings. The number of carbonyl (C=O) groups excluding carboxylic acids is 1. The summed E-state index contributed by atoms with van der Waals surface area (Å²) in [4.78, 5) is 10.9. The number of benzene rings is 1. The van der Waals surface area contributed by atoms with E-state index in [1.54, 1.807) is 0 Å². The van der Waals surface area contributed by atoms with E-state index in [1.807, 2.05) is 6.07 Å². The van der Waals surface area contributed by atoms with Crippen molar-refractivity contribution in [3.63, 3.8) is 0 Å². The normalized spacial score (nSPS) is 12.8. The van der Waals surface area contributed by atoms with Crippen LogP contribution >= 0.6 is 0 Å². The molecule has 0 saturated heterocycles. The first-order valence-corrected chi connectivity index (χ1v) is 6.98. The summed E-state index contributed by atoms with van der Waals surface area (Å²) in [6.07, 6.45) is 0. The van der Waals surface area contributed by atoms with Crippen molar-refractivity contribution >= 4 is 21.6 Å². The number of nitrogens with one attached hydrogen (secondary N) is 1. The number of nitriles is 1. The average molecular weight is 281 g/mol. The Morgan fingerprint density at radius 3 is 2.32 bits per heavy atom. The highest BCUT2D eigenvalue weighted by Gasteiger charge is 2.24. The van der Waals surface area contributed by atoms with Gasteiger partial charge < -0.3 is 5.32 Å². The third kappa shape index (κ3) is 3.53. The number of anilines is 1. The van der Waals surface area contributed by atoms with Crippen LogP contribution < -0.4 is 5.32 Å². The molecule has 0 radical (unpaired) electrons. The molecule has 1 rings (SSSR count). The molecule has 1 N–H and O–H groups in total. The van der Waals surface area contributed by atoms with Gasteiger partial charge in [-0.2, -0.15) is 9.57 Å². The van der Waals surface area contributed by atoms with Gasteiger partial charge in [-0.3, -0.25) is 4.79 Å². The van der Waals surface area contributed by atoms with Gasteiger partial charge in [0.2, 0.25) is 15.9 Å². The molecular weight excluding hydrogens is 266 g/mol. The number of hydrogen-bond acceptors (Lipinski definition) is 4. The minimum absolute atomic E-state index is 0.0752. The van der Waals surface area contributed by atoms with Crippen molar-refractivity contribution < 1.29 is 13.2 Å². The summed E-state index contributed by atoms with van der Waals surface area (Å²) in [5.41, 5.74) is 0.516. The van der Waals surface area contributed by atoms with Crippen molar-refractivity contribution in [3.8, 4) is 6.07 Å². The van der Waals surface area contributed by atoms with Crippen molar-refractivity contribution in [1.82, 2.24) is 4.31 Å². The lowest BCUT2D eigenvalue weighted by Crippen LogP contribution is -2.34. The van der Waals surface area contributed by atoms with E-state index in [1.165, 1.54) is 45.2 Å². The third-order valence-corrected chi connectivity index (χ3v) is 4.53. The molecule has 0 aliphatic rings. The molecule has 0 heterocycles. The summed E-state index contributed by atoms with van der Waals surface area (Å²) >= 11 is 0. The Balaban J connectivity index is 3.04. The van der Waals surface area contributed by atoms with Crippen molar-refractivity contribution in [1.29, 1.82) is 5.26 Å². The van der Waals surface area contributed by atoms with E-state index in [4.69, 9.17) is 5.26 Å². The average Bonchev–Trinajstić information content (AvgIpc) is 2.36. The molecule has 0 aromatic heterocycles. The zero-order chi connectivity index (χ0) is 14.6. The first kappa shape index (κ1) is 15.1. The molecule has 0 bridgehead atoms. The number of amides is 1. The Labute approximate surface area is 112 Å². The fraction of sp³-hybridized carbons (Fsp3) is 0.333. The van der Waals surface area contributed by atoms with Gasteiger partial charge in [-0.05, 0) is 31.2 Å². The summed E-state index contributed by atoms with van der Waals surface area (Å²) in [6.45, 7) is 2.87. The minimum atomic E-state index is -3.70. The Morgan fingerprint density at radius 2 is 1.89 bits per heavy atom. The van der Waals surface area contributed by atoms with E-state index in [9.17, 15) is 13.2 Å². The van der Waals surface area contributed by atoms with Crippen molar-refractivity contribution in [2.75, 3.05) is 12.4 Å². The fourth-order valence-electron chi connectivity index (χ4n) is 1.37. The van der Waals surface area contributed by atoms with E-state index >= 15 is 0 Å². The molecule has 0 aliphatic carbocycles. The maximum Gasteiger partial charge on any atom is 0.244 e. The van der Waals surface area contributed by atoms with Crippen molar-refractivity contribution in [3.05, 3.63) is 24.3 Å². The SMILES string of the molecule is CC(=O)Nc1ccc(S(=O)(=O)N(C)C(C)C#N)cc1. The van der Waals surface area contributed by atoms with Crippen LogP contribution in [0.2, 0.25) is 0 Å². The molecule has 0 aliphatic heterocycles. The van der Waals surface area contributed by atoms with E-state index in [-0.39, 0.29) is 10.8 Å². The molecule has 1 unspecified atom stereocenters. The Morgan fingerprint density at radius 1 is 1.37 bits per heavy atom. The molecule has 19 heavy (non-hydrogen) atoms. The van der Waals surface area contributed by atoms with Crippen molar-refractivity contribution in [2.24, 2.45) is 0 Å². The van der Waals surface area contributed by atoms with Crippen LogP contribution in [-0.2, 0) is 14.8 Å². The molecule has 102 valence electrons. The zero-order valence-electron chi connectivity index (χ0n) is 10.9. The molecule has 7 heteroatoms. The highest BCUT2D eigenvalue weighted by molar-refractivity contribution is 7.89. The van der Waals surface area contributed by atoms with Crippen LogP contribution in [0.1, 0.15) is 13.8 Å². The van der Waals surface area contributed by atoms with E-state index in [2.05, 4.69) is 5.32 Å². The second-order valence-corrected chi connectivity index (χ2v) is 6.03. The van der Waals surface area contributed by atoms with Gasteiger partial charge in [-0.15, -0.1) is 0 Å². The van der Waals surface area contributed by atoms with Gasteiger partial charge in [0.05, 0.1) is 11.0 Å². The smallest absolute Gasteiger partial charge is 0.244 e. The summed E-state index contributed by atoms with van der Waals surface area (Å²) in [7, 11) is -2.35. The lowest BCUT2D eigenvalue weighted by molar-refractivity contribution is -0.114. The van der Waals surface area contributed by atoms with Crippen LogP contribution in [0.15, 0.2) is 29.2 Å². The Kier molecular flexibility index (Phi) is 4.64. The summed E-state index contributed by atoms with van der Waals surface area (Å²) in [5.74, 6) is -0.231. The maximum absolute atomic E-state index is 12.2. The summed E-state index contributed by atoms with van der Waals surface area (Å²) in [6, 6.07) is 6.90. The standard InChI is InChI=1S/C12H15N3O3S/c1-9(8-13)15(3)19(17,18)12-6-4-11(5-7-12)14-10(2)16/h4-7,9H,1-3H3,(H,14,16). The van der Waals surface area contributed by atoms with Crippen LogP contribution in [0.5, 0.6) is 0 Å². The van der Waals surface area contributed by atoms with Gasteiger partial charge in [0, 0.05) is 19.7 Å². The van der Waals surface area contributed by atoms with Crippen LogP contribution in [0.25, 0.3) is 0 Å². The number of rotatable bonds is 4. The molecule has 0 saturated carbocycles. The second-order valence-electron chi connectivity index (χ2n) is 4.03. The number of hydrogen-bond donors (Lipinski definition) is 1. The number of sulfonamides is 1. The van der Waals surface area contributed by atoms with Crippen LogP contribution in [-0.4, -0.2) is 31.7 Å². The van der Waals surface area contributed by atoms with E-state index in [0.29, 0.717) is 5.69 Å².